The van der Waals surface area contributed by atoms with Crippen molar-refractivity contribution in [1.82, 2.24) is 15.2 Å². The number of hydrogen-bond donors (Lipinski definition) is 0. The summed E-state index contributed by atoms with van der Waals surface area (Å²) in [6.45, 7) is 3.56. The first-order valence-electron chi connectivity index (χ1n) is 9.11. The fraction of sp³-hybridized carbons (Fsp3) is 0.611. The second-order valence-electron chi connectivity index (χ2n) is 6.61. The summed E-state index contributed by atoms with van der Waals surface area (Å²) in [6, 6.07) is 5.86. The Hall–Kier alpha value is -1.57. The monoisotopic (exact) mass is 360 g/mol. The fourth-order valence-electron chi connectivity index (χ4n) is 3.33. The van der Waals surface area contributed by atoms with Crippen molar-refractivity contribution in [3.63, 3.8) is 0 Å². The van der Waals surface area contributed by atoms with Crippen molar-refractivity contribution in [3.05, 3.63) is 24.4 Å². The Kier molecular flexibility index (Phi) is 5.54. The topological polar surface area (TPSA) is 60.4 Å². The second kappa shape index (κ2) is 8.21. The van der Waals surface area contributed by atoms with E-state index in [-0.39, 0.29) is 0 Å². The molecule has 7 heteroatoms. The molecule has 2 fully saturated rings. The zero-order valence-corrected chi connectivity index (χ0v) is 15.2. The van der Waals surface area contributed by atoms with Gasteiger partial charge < -0.3 is 14.4 Å². The summed E-state index contributed by atoms with van der Waals surface area (Å²) in [5.41, 5.74) is 0.886. The van der Waals surface area contributed by atoms with Crippen LogP contribution in [0.1, 0.15) is 32.1 Å². The van der Waals surface area contributed by atoms with Crippen LogP contribution in [-0.4, -0.2) is 53.7 Å². The van der Waals surface area contributed by atoms with Crippen molar-refractivity contribution in [2.45, 2.75) is 44.3 Å². The van der Waals surface area contributed by atoms with Gasteiger partial charge in [-0.1, -0.05) is 17.4 Å². The molecule has 0 radical (unpaired) electrons. The van der Waals surface area contributed by atoms with Gasteiger partial charge in [0.25, 0.3) is 0 Å². The molecule has 0 aliphatic carbocycles. The van der Waals surface area contributed by atoms with Crippen LogP contribution in [0.25, 0.3) is 10.7 Å². The van der Waals surface area contributed by atoms with Gasteiger partial charge in [-0.05, 0) is 44.2 Å². The highest BCUT2D eigenvalue weighted by Crippen LogP contribution is 2.29. The van der Waals surface area contributed by atoms with Crippen LogP contribution < -0.4 is 4.90 Å². The summed E-state index contributed by atoms with van der Waals surface area (Å²) >= 11 is 1.61. The predicted molar refractivity (Wildman–Crippen MR) is 97.9 cm³/mol. The minimum absolute atomic E-state index is 0.302. The first-order chi connectivity index (χ1) is 12.4. The van der Waals surface area contributed by atoms with E-state index in [4.69, 9.17) is 9.47 Å². The van der Waals surface area contributed by atoms with Gasteiger partial charge in [0.15, 0.2) is 5.01 Å². The third-order valence-electron chi connectivity index (χ3n) is 4.80. The number of pyridine rings is 1. The highest BCUT2D eigenvalue weighted by molar-refractivity contribution is 7.18. The quantitative estimate of drug-likeness (QED) is 0.816. The highest BCUT2D eigenvalue weighted by atomic mass is 32.1. The highest BCUT2D eigenvalue weighted by Gasteiger charge is 2.24. The van der Waals surface area contributed by atoms with Crippen LogP contribution in [0.3, 0.4) is 0 Å². The van der Waals surface area contributed by atoms with Crippen molar-refractivity contribution in [1.29, 1.82) is 0 Å². The normalized spacial score (nSPS) is 22.2. The summed E-state index contributed by atoms with van der Waals surface area (Å²) in [5.74, 6) is 0. The molecule has 4 heterocycles. The van der Waals surface area contributed by atoms with Gasteiger partial charge in [-0.2, -0.15) is 0 Å². The van der Waals surface area contributed by atoms with Gasteiger partial charge in [-0.25, -0.2) is 0 Å². The number of anilines is 1. The number of piperidine rings is 1. The summed E-state index contributed by atoms with van der Waals surface area (Å²) in [6.07, 6.45) is 8.09. The minimum atomic E-state index is 0.302. The van der Waals surface area contributed by atoms with Crippen LogP contribution in [0.15, 0.2) is 24.4 Å². The Balaban J connectivity index is 1.26. The van der Waals surface area contributed by atoms with Crippen molar-refractivity contribution in [2.24, 2.45) is 0 Å². The molecule has 1 atom stereocenters. The number of hydrogen-bond acceptors (Lipinski definition) is 7. The molecule has 0 amide bonds. The van der Waals surface area contributed by atoms with Crippen LogP contribution in [0.5, 0.6) is 0 Å². The third kappa shape index (κ3) is 4.34. The lowest BCUT2D eigenvalue weighted by molar-refractivity contribution is -0.0672. The van der Waals surface area contributed by atoms with E-state index < -0.39 is 0 Å². The Labute approximate surface area is 152 Å². The summed E-state index contributed by atoms with van der Waals surface area (Å²) in [7, 11) is 0. The maximum atomic E-state index is 6.09. The van der Waals surface area contributed by atoms with E-state index in [0.717, 1.165) is 61.4 Å². The van der Waals surface area contributed by atoms with Gasteiger partial charge in [-0.15, -0.1) is 10.2 Å². The average molecular weight is 360 g/mol. The maximum Gasteiger partial charge on any atom is 0.208 e. The summed E-state index contributed by atoms with van der Waals surface area (Å²) in [5, 5.41) is 10.5. The molecule has 2 aromatic heterocycles. The Bertz CT molecular complexity index is 652. The first kappa shape index (κ1) is 16.9. The minimum Gasteiger partial charge on any atom is -0.376 e. The lowest BCUT2D eigenvalue weighted by Crippen LogP contribution is -2.38. The van der Waals surface area contributed by atoms with Crippen LogP contribution in [0.4, 0.5) is 5.13 Å². The Morgan fingerprint density at radius 2 is 2.08 bits per heavy atom. The molecule has 0 aromatic carbocycles. The number of ether oxygens (including phenoxy) is 2. The molecule has 2 aliphatic rings. The molecule has 6 nitrogen and oxygen atoms in total. The number of nitrogens with zero attached hydrogens (tertiary/aromatic N) is 4. The van der Waals surface area contributed by atoms with Crippen LogP contribution >= 0.6 is 11.3 Å². The standard InChI is InChI=1S/C18H24N4O2S/c1-3-9-19-16(6-1)17-20-21-18(25-17)22-10-7-14(8-11-22)24-13-15-5-2-4-12-23-15/h1,3,6,9,14-15H,2,4-5,7-8,10-13H2. The van der Waals surface area contributed by atoms with Crippen molar-refractivity contribution in [2.75, 3.05) is 31.2 Å². The maximum absolute atomic E-state index is 6.09. The van der Waals surface area contributed by atoms with Gasteiger partial charge in [-0.3, -0.25) is 4.98 Å². The van der Waals surface area contributed by atoms with Crippen LogP contribution in [0, 0.1) is 0 Å². The van der Waals surface area contributed by atoms with Crippen LogP contribution in [0.2, 0.25) is 0 Å². The van der Waals surface area contributed by atoms with Gasteiger partial charge in [0.05, 0.1) is 18.8 Å². The predicted octanol–water partition coefficient (Wildman–Crippen LogP) is 3.15. The second-order valence-corrected chi connectivity index (χ2v) is 7.57. The molecule has 2 aliphatic heterocycles. The average Bonchev–Trinajstić information content (AvgIpc) is 3.19. The smallest absolute Gasteiger partial charge is 0.208 e. The van der Waals surface area contributed by atoms with Crippen LogP contribution in [-0.2, 0) is 9.47 Å². The van der Waals surface area contributed by atoms with E-state index >= 15 is 0 Å². The molecule has 4 rings (SSSR count). The largest absolute Gasteiger partial charge is 0.376 e. The molecule has 2 saturated heterocycles. The molecule has 2 aromatic rings. The summed E-state index contributed by atoms with van der Waals surface area (Å²) < 4.78 is 11.8. The SMILES string of the molecule is c1ccc(-c2nnc(N3CCC(OCC4CCCCO4)CC3)s2)nc1. The van der Waals surface area contributed by atoms with E-state index in [1.165, 1.54) is 12.8 Å². The van der Waals surface area contributed by atoms with Gasteiger partial charge in [0.1, 0.15) is 5.69 Å². The zero-order valence-electron chi connectivity index (χ0n) is 14.3. The van der Waals surface area contributed by atoms with E-state index in [1.54, 1.807) is 17.5 Å². The molecular formula is C18H24N4O2S. The Morgan fingerprint density at radius 3 is 2.84 bits per heavy atom. The molecular weight excluding hydrogens is 336 g/mol. The number of aromatic nitrogens is 3. The van der Waals surface area contributed by atoms with Crippen molar-refractivity contribution >= 4 is 16.5 Å². The molecule has 134 valence electrons. The van der Waals surface area contributed by atoms with Crippen molar-refractivity contribution in [3.8, 4) is 10.7 Å². The van der Waals surface area contributed by atoms with E-state index in [9.17, 15) is 0 Å². The van der Waals surface area contributed by atoms with Gasteiger partial charge >= 0.3 is 0 Å². The summed E-state index contributed by atoms with van der Waals surface area (Å²) in [4.78, 5) is 6.65. The Morgan fingerprint density at radius 1 is 1.16 bits per heavy atom. The third-order valence-corrected chi connectivity index (χ3v) is 5.81. The van der Waals surface area contributed by atoms with E-state index in [2.05, 4.69) is 20.1 Å². The van der Waals surface area contributed by atoms with Gasteiger partial charge in [0.2, 0.25) is 5.13 Å². The molecule has 1 unspecified atom stereocenters. The fourth-order valence-corrected chi connectivity index (χ4v) is 4.21. The lowest BCUT2D eigenvalue weighted by Gasteiger charge is -2.32. The zero-order chi connectivity index (χ0) is 16.9. The number of rotatable bonds is 5. The van der Waals surface area contributed by atoms with Crippen molar-refractivity contribution < 1.29 is 9.47 Å². The first-order valence-corrected chi connectivity index (χ1v) is 9.93. The molecule has 25 heavy (non-hydrogen) atoms. The molecule has 0 bridgehead atoms. The lowest BCUT2D eigenvalue weighted by atomic mass is 10.1. The molecule has 0 saturated carbocycles. The van der Waals surface area contributed by atoms with E-state index in [1.807, 2.05) is 18.2 Å². The molecule has 0 N–H and O–H groups in total. The molecule has 0 spiro atoms. The van der Waals surface area contributed by atoms with Gasteiger partial charge in [0, 0.05) is 25.9 Å². The van der Waals surface area contributed by atoms with E-state index in [0.29, 0.717) is 12.2 Å².